The number of fused-ring (bicyclic) bond motifs is 1. The average Bonchev–Trinajstić information content (AvgIpc) is 2.97. The van der Waals surface area contributed by atoms with Gasteiger partial charge in [0.25, 0.3) is 0 Å². The lowest BCUT2D eigenvalue weighted by Gasteiger charge is -2.46. The molecule has 1 aromatic heterocycles. The number of aromatic nitrogens is 1. The first-order valence-corrected chi connectivity index (χ1v) is 9.21. The zero-order chi connectivity index (χ0) is 13.9. The van der Waals surface area contributed by atoms with Crippen LogP contribution in [0.3, 0.4) is 0 Å². The fourth-order valence-corrected chi connectivity index (χ4v) is 4.85. The lowest BCUT2D eigenvalue weighted by Crippen LogP contribution is -2.55. The van der Waals surface area contributed by atoms with Crippen molar-refractivity contribution in [3.8, 4) is 0 Å². The molecule has 2 unspecified atom stereocenters. The molecular formula is C15H24ClN3S. The molecule has 5 heteroatoms. The molecule has 2 aliphatic rings. The summed E-state index contributed by atoms with van der Waals surface area (Å²) in [5.74, 6) is 0.531. The lowest BCUT2D eigenvalue weighted by atomic mass is 9.98. The minimum Gasteiger partial charge on any atom is -0.298 e. The molecule has 3 heterocycles. The van der Waals surface area contributed by atoms with Gasteiger partial charge in [0.1, 0.15) is 5.01 Å². The third-order valence-corrected chi connectivity index (χ3v) is 5.96. The van der Waals surface area contributed by atoms with Gasteiger partial charge in [-0.15, -0.1) is 22.9 Å². The molecule has 0 amide bonds. The molecule has 0 bridgehead atoms. The van der Waals surface area contributed by atoms with Crippen LogP contribution in [0.2, 0.25) is 0 Å². The monoisotopic (exact) mass is 313 g/mol. The zero-order valence-electron chi connectivity index (χ0n) is 12.2. The smallest absolute Gasteiger partial charge is 0.110 e. The normalized spacial score (nSPS) is 26.4. The second kappa shape index (κ2) is 6.73. The summed E-state index contributed by atoms with van der Waals surface area (Å²) in [5.41, 5.74) is 1.03. The van der Waals surface area contributed by atoms with Crippen LogP contribution < -0.4 is 0 Å². The molecule has 2 saturated heterocycles. The van der Waals surface area contributed by atoms with Crippen molar-refractivity contribution < 1.29 is 0 Å². The Bertz CT molecular complexity index is 437. The van der Waals surface area contributed by atoms with Crippen molar-refractivity contribution in [3.63, 3.8) is 0 Å². The Balaban J connectivity index is 1.69. The van der Waals surface area contributed by atoms with Gasteiger partial charge in [-0.3, -0.25) is 9.80 Å². The predicted molar refractivity (Wildman–Crippen MR) is 85.5 cm³/mol. The van der Waals surface area contributed by atoms with E-state index in [9.17, 15) is 0 Å². The van der Waals surface area contributed by atoms with Gasteiger partial charge in [0.2, 0.25) is 0 Å². The molecule has 20 heavy (non-hydrogen) atoms. The first-order valence-electron chi connectivity index (χ1n) is 7.80. The van der Waals surface area contributed by atoms with E-state index in [-0.39, 0.29) is 0 Å². The fraction of sp³-hybridized carbons (Fsp3) is 0.800. The Labute approximate surface area is 130 Å². The highest BCUT2D eigenvalue weighted by molar-refractivity contribution is 7.09. The molecule has 0 N–H and O–H groups in total. The van der Waals surface area contributed by atoms with Gasteiger partial charge in [-0.25, -0.2) is 4.98 Å². The molecule has 2 atom stereocenters. The summed E-state index contributed by atoms with van der Waals surface area (Å²) in [7, 11) is 0. The topological polar surface area (TPSA) is 19.4 Å². The van der Waals surface area contributed by atoms with Crippen LogP contribution in [0.1, 0.15) is 49.4 Å². The fourth-order valence-electron chi connectivity index (χ4n) is 3.59. The summed E-state index contributed by atoms with van der Waals surface area (Å²) in [6.07, 6.45) is 5.30. The summed E-state index contributed by atoms with van der Waals surface area (Å²) in [5, 5.41) is 3.37. The van der Waals surface area contributed by atoms with Gasteiger partial charge in [-0.1, -0.05) is 13.3 Å². The number of rotatable bonds is 4. The van der Waals surface area contributed by atoms with Crippen LogP contribution in [-0.4, -0.2) is 47.0 Å². The summed E-state index contributed by atoms with van der Waals surface area (Å²) >= 11 is 7.67. The molecule has 1 aromatic rings. The highest BCUT2D eigenvalue weighted by Crippen LogP contribution is 2.31. The standard InChI is InChI=1S/C15H24ClN3S/c1-2-14(15-17-12(9-16)11-20-15)19-8-7-18-6-4-3-5-13(18)10-19/h11,13-14H,2-10H2,1H3. The molecule has 0 spiro atoms. The minimum atomic E-state index is 0.487. The van der Waals surface area contributed by atoms with Crippen LogP contribution in [0.5, 0.6) is 0 Å². The molecule has 0 radical (unpaired) electrons. The number of alkyl halides is 1. The average molecular weight is 314 g/mol. The van der Waals surface area contributed by atoms with E-state index in [2.05, 4.69) is 22.1 Å². The SMILES string of the molecule is CCC(c1nc(CCl)cs1)N1CCN2CCCCC2C1. The van der Waals surface area contributed by atoms with Crippen LogP contribution in [-0.2, 0) is 5.88 Å². The Morgan fingerprint density at radius 3 is 3.05 bits per heavy atom. The first kappa shape index (κ1) is 14.8. The summed E-state index contributed by atoms with van der Waals surface area (Å²) in [6, 6.07) is 1.26. The van der Waals surface area contributed by atoms with E-state index in [4.69, 9.17) is 16.6 Å². The Morgan fingerprint density at radius 1 is 1.40 bits per heavy atom. The van der Waals surface area contributed by atoms with E-state index < -0.39 is 0 Å². The Hall–Kier alpha value is -0.160. The number of nitrogens with zero attached hydrogens (tertiary/aromatic N) is 3. The maximum Gasteiger partial charge on any atom is 0.110 e. The van der Waals surface area contributed by atoms with E-state index in [1.807, 2.05) is 0 Å². The summed E-state index contributed by atoms with van der Waals surface area (Å²) in [4.78, 5) is 10.1. The highest BCUT2D eigenvalue weighted by Gasteiger charge is 2.32. The molecule has 0 saturated carbocycles. The van der Waals surface area contributed by atoms with Gasteiger partial charge in [0.15, 0.2) is 0 Å². The molecule has 2 fully saturated rings. The van der Waals surface area contributed by atoms with Gasteiger partial charge < -0.3 is 0 Å². The van der Waals surface area contributed by atoms with Crippen molar-refractivity contribution in [2.24, 2.45) is 0 Å². The summed E-state index contributed by atoms with van der Waals surface area (Å²) in [6.45, 7) is 7.22. The van der Waals surface area contributed by atoms with Crippen LogP contribution in [0.4, 0.5) is 0 Å². The van der Waals surface area contributed by atoms with Gasteiger partial charge in [0.05, 0.1) is 17.6 Å². The number of hydrogen-bond donors (Lipinski definition) is 0. The van der Waals surface area contributed by atoms with Crippen LogP contribution >= 0.6 is 22.9 Å². The van der Waals surface area contributed by atoms with Crippen LogP contribution in [0.25, 0.3) is 0 Å². The third-order valence-electron chi connectivity index (χ3n) is 4.69. The largest absolute Gasteiger partial charge is 0.298 e. The van der Waals surface area contributed by atoms with Crippen molar-refractivity contribution in [2.45, 2.75) is 50.6 Å². The van der Waals surface area contributed by atoms with Crippen molar-refractivity contribution >= 4 is 22.9 Å². The minimum absolute atomic E-state index is 0.487. The van der Waals surface area contributed by atoms with Gasteiger partial charge in [-0.2, -0.15) is 0 Å². The predicted octanol–water partition coefficient (Wildman–Crippen LogP) is 3.50. The van der Waals surface area contributed by atoms with E-state index in [0.717, 1.165) is 18.2 Å². The molecule has 3 nitrogen and oxygen atoms in total. The van der Waals surface area contributed by atoms with E-state index in [0.29, 0.717) is 11.9 Å². The second-order valence-electron chi connectivity index (χ2n) is 5.92. The van der Waals surface area contributed by atoms with Gasteiger partial charge in [-0.05, 0) is 25.8 Å². The molecule has 0 aliphatic carbocycles. The van der Waals surface area contributed by atoms with E-state index in [1.54, 1.807) is 11.3 Å². The molecule has 112 valence electrons. The quantitative estimate of drug-likeness (QED) is 0.793. The number of piperazine rings is 1. The Kier molecular flexibility index (Phi) is 4.97. The molecular weight excluding hydrogens is 290 g/mol. The number of piperidine rings is 1. The van der Waals surface area contributed by atoms with Crippen LogP contribution in [0, 0.1) is 0 Å². The number of thiazole rings is 1. The van der Waals surface area contributed by atoms with Crippen molar-refractivity contribution in [1.82, 2.24) is 14.8 Å². The van der Waals surface area contributed by atoms with E-state index >= 15 is 0 Å². The van der Waals surface area contributed by atoms with Crippen LogP contribution in [0.15, 0.2) is 5.38 Å². The van der Waals surface area contributed by atoms with Gasteiger partial charge >= 0.3 is 0 Å². The first-order chi connectivity index (χ1) is 9.81. The Morgan fingerprint density at radius 2 is 2.30 bits per heavy atom. The van der Waals surface area contributed by atoms with Crippen molar-refractivity contribution in [2.75, 3.05) is 26.2 Å². The van der Waals surface area contributed by atoms with Crippen molar-refractivity contribution in [1.29, 1.82) is 0 Å². The number of hydrogen-bond acceptors (Lipinski definition) is 4. The molecule has 3 rings (SSSR count). The molecule has 0 aromatic carbocycles. The van der Waals surface area contributed by atoms with E-state index in [1.165, 1.54) is 50.4 Å². The second-order valence-corrected chi connectivity index (χ2v) is 7.07. The lowest BCUT2D eigenvalue weighted by molar-refractivity contribution is 0.0257. The number of halogens is 1. The highest BCUT2D eigenvalue weighted by atomic mass is 35.5. The third kappa shape index (κ3) is 3.03. The summed E-state index contributed by atoms with van der Waals surface area (Å²) < 4.78 is 0. The van der Waals surface area contributed by atoms with Gasteiger partial charge in [0, 0.05) is 31.1 Å². The zero-order valence-corrected chi connectivity index (χ0v) is 13.8. The maximum atomic E-state index is 5.89. The molecule has 2 aliphatic heterocycles. The van der Waals surface area contributed by atoms with Crippen molar-refractivity contribution in [3.05, 3.63) is 16.1 Å². The maximum absolute atomic E-state index is 5.89.